The highest BCUT2D eigenvalue weighted by molar-refractivity contribution is 9.10. The normalized spacial score (nSPS) is 13.7. The molecule has 1 unspecified atom stereocenters. The predicted octanol–water partition coefficient (Wildman–Crippen LogP) is 2.75. The van der Waals surface area contributed by atoms with Crippen molar-refractivity contribution in [3.8, 4) is 0 Å². The van der Waals surface area contributed by atoms with Gasteiger partial charge in [0.1, 0.15) is 5.82 Å². The third kappa shape index (κ3) is 1.88. The Morgan fingerprint density at radius 2 is 1.92 bits per heavy atom. The number of hydrogen-bond acceptors (Lipinski definition) is 2. The van der Waals surface area contributed by atoms with Gasteiger partial charge >= 0.3 is 0 Å². The molecular weight excluding hydrogens is 230 g/mol. The maximum absolute atomic E-state index is 5.90. The molecule has 4 heteroatoms. The molecule has 1 rings (SSSR count). The molecule has 0 spiro atoms. The Labute approximate surface area is 87.4 Å². The number of rotatable bonds is 2. The zero-order valence-corrected chi connectivity index (χ0v) is 10.1. The number of nitrogen functional groups attached to an aromatic ring is 1. The largest absolute Gasteiger partial charge is 0.383 e. The zero-order chi connectivity index (χ0) is 10.2. The summed E-state index contributed by atoms with van der Waals surface area (Å²) >= 11 is 3.41. The minimum atomic E-state index is 0.338. The first-order chi connectivity index (χ1) is 5.95. The van der Waals surface area contributed by atoms with Gasteiger partial charge in [-0.1, -0.05) is 13.8 Å². The van der Waals surface area contributed by atoms with Crippen LogP contribution >= 0.6 is 15.9 Å². The van der Waals surface area contributed by atoms with Crippen LogP contribution in [0.4, 0.5) is 5.82 Å². The minimum absolute atomic E-state index is 0.338. The maximum atomic E-state index is 5.90. The summed E-state index contributed by atoms with van der Waals surface area (Å²) in [7, 11) is 0. The van der Waals surface area contributed by atoms with Crippen LogP contribution < -0.4 is 5.73 Å². The van der Waals surface area contributed by atoms with Crippen molar-refractivity contribution < 1.29 is 0 Å². The molecule has 0 saturated carbocycles. The fourth-order valence-electron chi connectivity index (χ4n) is 1.14. The van der Waals surface area contributed by atoms with E-state index < -0.39 is 0 Å². The molecule has 74 valence electrons. The Bertz CT molecular complexity index is 304. The van der Waals surface area contributed by atoms with E-state index in [2.05, 4.69) is 41.8 Å². The Morgan fingerprint density at radius 1 is 1.38 bits per heavy atom. The lowest BCUT2D eigenvalue weighted by Crippen LogP contribution is -2.15. The summed E-state index contributed by atoms with van der Waals surface area (Å²) in [5, 5.41) is 4.38. The molecule has 1 aromatic heterocycles. The van der Waals surface area contributed by atoms with Crippen LogP contribution in [0, 0.1) is 12.8 Å². The molecule has 1 atom stereocenters. The summed E-state index contributed by atoms with van der Waals surface area (Å²) in [6.45, 7) is 8.40. The van der Waals surface area contributed by atoms with Gasteiger partial charge in [-0.25, -0.2) is 4.68 Å². The molecule has 2 N–H and O–H groups in total. The topological polar surface area (TPSA) is 43.8 Å². The molecule has 0 amide bonds. The average molecular weight is 246 g/mol. The van der Waals surface area contributed by atoms with Crippen molar-refractivity contribution in [2.24, 2.45) is 5.92 Å². The van der Waals surface area contributed by atoms with Gasteiger partial charge in [0.25, 0.3) is 0 Å². The molecule has 1 aromatic rings. The molecule has 0 saturated heterocycles. The van der Waals surface area contributed by atoms with Crippen LogP contribution in [0.3, 0.4) is 0 Å². The Balaban J connectivity index is 3.08. The third-order valence-electron chi connectivity index (χ3n) is 2.40. The van der Waals surface area contributed by atoms with Gasteiger partial charge in [0, 0.05) is 0 Å². The van der Waals surface area contributed by atoms with E-state index in [4.69, 9.17) is 5.73 Å². The summed E-state index contributed by atoms with van der Waals surface area (Å²) in [6, 6.07) is 0.338. The molecule has 1 heterocycles. The number of nitrogens with two attached hydrogens (primary N) is 1. The van der Waals surface area contributed by atoms with Crippen molar-refractivity contribution in [2.75, 3.05) is 5.73 Å². The molecular formula is C9H16BrN3. The molecule has 0 aliphatic heterocycles. The third-order valence-corrected chi connectivity index (χ3v) is 3.38. The van der Waals surface area contributed by atoms with E-state index in [9.17, 15) is 0 Å². The smallest absolute Gasteiger partial charge is 0.136 e. The highest BCUT2D eigenvalue weighted by Crippen LogP contribution is 2.28. The van der Waals surface area contributed by atoms with Gasteiger partial charge in [0.2, 0.25) is 0 Å². The van der Waals surface area contributed by atoms with Gasteiger partial charge in [-0.15, -0.1) is 0 Å². The van der Waals surface area contributed by atoms with E-state index in [0.29, 0.717) is 12.0 Å². The number of hydrogen-bond donors (Lipinski definition) is 1. The highest BCUT2D eigenvalue weighted by atomic mass is 79.9. The van der Waals surface area contributed by atoms with Gasteiger partial charge in [0.05, 0.1) is 16.2 Å². The van der Waals surface area contributed by atoms with Crippen LogP contribution in [0.25, 0.3) is 0 Å². The van der Waals surface area contributed by atoms with Crippen molar-refractivity contribution >= 4 is 21.7 Å². The summed E-state index contributed by atoms with van der Waals surface area (Å²) < 4.78 is 2.80. The fourth-order valence-corrected chi connectivity index (χ4v) is 1.40. The van der Waals surface area contributed by atoms with Crippen LogP contribution in [0.15, 0.2) is 4.47 Å². The average Bonchev–Trinajstić information content (AvgIpc) is 2.31. The lowest BCUT2D eigenvalue weighted by atomic mass is 10.1. The fraction of sp³-hybridized carbons (Fsp3) is 0.667. The Kier molecular flexibility index (Phi) is 3.01. The standard InChI is InChI=1S/C9H16BrN3/c1-5(2)7(4)13-9(11)8(10)6(3)12-13/h5,7H,11H2,1-4H3. The van der Waals surface area contributed by atoms with Crippen molar-refractivity contribution in [2.45, 2.75) is 33.7 Å². The van der Waals surface area contributed by atoms with Crippen LogP contribution in [-0.4, -0.2) is 9.78 Å². The Morgan fingerprint density at radius 3 is 2.23 bits per heavy atom. The quantitative estimate of drug-likeness (QED) is 0.871. The summed E-state index contributed by atoms with van der Waals surface area (Å²) in [6.07, 6.45) is 0. The van der Waals surface area contributed by atoms with Crippen LogP contribution in [0.1, 0.15) is 32.5 Å². The van der Waals surface area contributed by atoms with Crippen molar-refractivity contribution in [3.05, 3.63) is 10.2 Å². The van der Waals surface area contributed by atoms with Crippen molar-refractivity contribution in [1.82, 2.24) is 9.78 Å². The van der Waals surface area contributed by atoms with Gasteiger partial charge in [-0.3, -0.25) is 0 Å². The van der Waals surface area contributed by atoms with E-state index in [1.54, 1.807) is 0 Å². The SMILES string of the molecule is Cc1nn(C(C)C(C)C)c(N)c1Br. The van der Waals surface area contributed by atoms with E-state index in [-0.39, 0.29) is 0 Å². The second-order valence-corrected chi connectivity index (χ2v) is 4.51. The number of halogens is 1. The molecule has 0 aliphatic carbocycles. The highest BCUT2D eigenvalue weighted by Gasteiger charge is 2.16. The molecule has 0 fully saturated rings. The molecule has 0 aliphatic rings. The molecule has 13 heavy (non-hydrogen) atoms. The zero-order valence-electron chi connectivity index (χ0n) is 8.50. The lowest BCUT2D eigenvalue weighted by molar-refractivity contribution is 0.379. The maximum Gasteiger partial charge on any atom is 0.136 e. The molecule has 0 aromatic carbocycles. The number of aryl methyl sites for hydroxylation is 1. The minimum Gasteiger partial charge on any atom is -0.383 e. The lowest BCUT2D eigenvalue weighted by Gasteiger charge is -2.17. The van der Waals surface area contributed by atoms with Gasteiger partial charge in [0.15, 0.2) is 0 Å². The van der Waals surface area contributed by atoms with E-state index in [0.717, 1.165) is 16.0 Å². The van der Waals surface area contributed by atoms with Gasteiger partial charge < -0.3 is 5.73 Å². The van der Waals surface area contributed by atoms with E-state index >= 15 is 0 Å². The summed E-state index contributed by atoms with van der Waals surface area (Å²) in [4.78, 5) is 0. The van der Waals surface area contributed by atoms with E-state index in [1.165, 1.54) is 0 Å². The number of anilines is 1. The first kappa shape index (κ1) is 10.6. The molecule has 3 nitrogen and oxygen atoms in total. The summed E-state index contributed by atoms with van der Waals surface area (Å²) in [5.74, 6) is 1.26. The molecule has 0 radical (unpaired) electrons. The van der Waals surface area contributed by atoms with Crippen LogP contribution in [0.5, 0.6) is 0 Å². The van der Waals surface area contributed by atoms with Crippen molar-refractivity contribution in [3.63, 3.8) is 0 Å². The second kappa shape index (κ2) is 3.70. The number of aromatic nitrogens is 2. The Hall–Kier alpha value is -0.510. The number of nitrogens with zero attached hydrogens (tertiary/aromatic N) is 2. The van der Waals surface area contributed by atoms with Crippen LogP contribution in [0.2, 0.25) is 0 Å². The summed E-state index contributed by atoms with van der Waals surface area (Å²) in [5.41, 5.74) is 6.84. The van der Waals surface area contributed by atoms with Gasteiger partial charge in [-0.05, 0) is 35.7 Å². The van der Waals surface area contributed by atoms with Gasteiger partial charge in [-0.2, -0.15) is 5.10 Å². The molecule has 0 bridgehead atoms. The second-order valence-electron chi connectivity index (χ2n) is 3.71. The van der Waals surface area contributed by atoms with Crippen molar-refractivity contribution in [1.29, 1.82) is 0 Å². The first-order valence-electron chi connectivity index (χ1n) is 4.45. The first-order valence-corrected chi connectivity index (χ1v) is 5.24. The monoisotopic (exact) mass is 245 g/mol. The van der Waals surface area contributed by atoms with Crippen LogP contribution in [-0.2, 0) is 0 Å². The predicted molar refractivity (Wildman–Crippen MR) is 58.6 cm³/mol. The van der Waals surface area contributed by atoms with E-state index in [1.807, 2.05) is 11.6 Å².